The smallest absolute Gasteiger partial charge is 0.416 e. The Morgan fingerprint density at radius 2 is 2.04 bits per heavy atom. The second kappa shape index (κ2) is 7.00. The number of aliphatic hydroxyl groups excluding tert-OH is 1. The van der Waals surface area contributed by atoms with Crippen molar-refractivity contribution in [3.63, 3.8) is 0 Å². The number of hydrogen-bond acceptors (Lipinski definition) is 4. The molecule has 2 rings (SSSR count). The van der Waals surface area contributed by atoms with Crippen LogP contribution in [0.25, 0.3) is 0 Å². The van der Waals surface area contributed by atoms with E-state index in [-0.39, 0.29) is 12.4 Å². The number of aromatic hydroxyl groups is 1. The van der Waals surface area contributed by atoms with Gasteiger partial charge in [-0.2, -0.15) is 13.2 Å². The summed E-state index contributed by atoms with van der Waals surface area (Å²) in [6.45, 7) is 2.92. The molecule has 0 radical (unpaired) electrons. The summed E-state index contributed by atoms with van der Waals surface area (Å²) >= 11 is 0. The van der Waals surface area contributed by atoms with Gasteiger partial charge in [-0.25, -0.2) is 0 Å². The van der Waals surface area contributed by atoms with Crippen molar-refractivity contribution in [2.24, 2.45) is 4.99 Å². The largest absolute Gasteiger partial charge is 0.505 e. The van der Waals surface area contributed by atoms with Gasteiger partial charge in [0, 0.05) is 23.5 Å². The highest BCUT2D eigenvalue weighted by molar-refractivity contribution is 5.85. The molecule has 7 heteroatoms. The molecule has 0 amide bonds. The van der Waals surface area contributed by atoms with E-state index in [1.165, 1.54) is 18.5 Å². The SMILES string of the molecule is Cc1ncc(CO)c(C=N[C@H](C)c2cccc(C(F)(F)F)c2)c1O. The Bertz CT molecular complexity index is 758. The van der Waals surface area contributed by atoms with Crippen molar-refractivity contribution in [2.45, 2.75) is 32.7 Å². The third kappa shape index (κ3) is 3.91. The van der Waals surface area contributed by atoms with Crippen molar-refractivity contribution in [1.29, 1.82) is 0 Å². The normalized spacial score (nSPS) is 13.4. The predicted molar refractivity (Wildman–Crippen MR) is 84.0 cm³/mol. The number of halogens is 3. The maximum atomic E-state index is 12.8. The molecule has 1 heterocycles. The highest BCUT2D eigenvalue weighted by atomic mass is 19.4. The van der Waals surface area contributed by atoms with E-state index in [0.29, 0.717) is 22.4 Å². The molecule has 1 aromatic heterocycles. The Morgan fingerprint density at radius 1 is 1.33 bits per heavy atom. The number of alkyl halides is 3. The van der Waals surface area contributed by atoms with Gasteiger partial charge in [-0.05, 0) is 31.5 Å². The molecular weight excluding hydrogens is 321 g/mol. The highest BCUT2D eigenvalue weighted by Crippen LogP contribution is 2.31. The van der Waals surface area contributed by atoms with Crippen LogP contribution in [0.3, 0.4) is 0 Å². The zero-order chi connectivity index (χ0) is 17.9. The van der Waals surface area contributed by atoms with Crippen molar-refractivity contribution in [1.82, 2.24) is 4.98 Å². The summed E-state index contributed by atoms with van der Waals surface area (Å²) in [6.07, 6.45) is -1.64. The number of pyridine rings is 1. The van der Waals surface area contributed by atoms with E-state index in [4.69, 9.17) is 0 Å². The van der Waals surface area contributed by atoms with Crippen LogP contribution < -0.4 is 0 Å². The van der Waals surface area contributed by atoms with Crippen molar-refractivity contribution in [2.75, 3.05) is 0 Å². The summed E-state index contributed by atoms with van der Waals surface area (Å²) in [5, 5.41) is 19.3. The number of aromatic nitrogens is 1. The van der Waals surface area contributed by atoms with Gasteiger partial charge >= 0.3 is 6.18 Å². The Morgan fingerprint density at radius 3 is 2.67 bits per heavy atom. The van der Waals surface area contributed by atoms with Gasteiger partial charge in [0.25, 0.3) is 0 Å². The van der Waals surface area contributed by atoms with Crippen LogP contribution in [-0.4, -0.2) is 21.4 Å². The monoisotopic (exact) mass is 338 g/mol. The number of hydrogen-bond donors (Lipinski definition) is 2. The summed E-state index contributed by atoms with van der Waals surface area (Å²) in [4.78, 5) is 8.14. The first-order valence-corrected chi connectivity index (χ1v) is 7.22. The fourth-order valence-electron chi connectivity index (χ4n) is 2.17. The molecule has 0 saturated heterocycles. The van der Waals surface area contributed by atoms with Crippen molar-refractivity contribution >= 4 is 6.21 Å². The van der Waals surface area contributed by atoms with Crippen LogP contribution in [0, 0.1) is 6.92 Å². The van der Waals surface area contributed by atoms with E-state index >= 15 is 0 Å². The minimum absolute atomic E-state index is 0.110. The summed E-state index contributed by atoms with van der Waals surface area (Å²) in [5.74, 6) is -0.110. The first-order chi connectivity index (χ1) is 11.2. The number of aliphatic hydroxyl groups is 1. The Hall–Kier alpha value is -2.41. The van der Waals surface area contributed by atoms with Crippen molar-refractivity contribution in [3.8, 4) is 5.75 Å². The molecule has 128 valence electrons. The fourth-order valence-corrected chi connectivity index (χ4v) is 2.17. The molecule has 0 unspecified atom stereocenters. The quantitative estimate of drug-likeness (QED) is 0.834. The first-order valence-electron chi connectivity index (χ1n) is 7.22. The fraction of sp³-hybridized carbons (Fsp3) is 0.294. The molecule has 0 fully saturated rings. The molecule has 4 nitrogen and oxygen atoms in total. The van der Waals surface area contributed by atoms with Crippen molar-refractivity contribution < 1.29 is 23.4 Å². The van der Waals surface area contributed by atoms with Crippen LogP contribution in [0.1, 0.15) is 40.9 Å². The van der Waals surface area contributed by atoms with E-state index in [0.717, 1.165) is 12.1 Å². The summed E-state index contributed by atoms with van der Waals surface area (Å²) in [6, 6.07) is 4.39. The third-order valence-corrected chi connectivity index (χ3v) is 3.65. The first kappa shape index (κ1) is 17.9. The standard InChI is InChI=1S/C17H17F3N2O2/c1-10(12-4-3-5-14(6-12)17(18,19)20)22-8-15-13(9-23)7-21-11(2)16(15)24/h3-8,10,23-24H,9H2,1-2H3/t10-/m1/s1. The van der Waals surface area contributed by atoms with Gasteiger partial charge < -0.3 is 10.2 Å². The van der Waals surface area contributed by atoms with E-state index in [1.807, 2.05) is 0 Å². The average Bonchev–Trinajstić information content (AvgIpc) is 2.55. The minimum atomic E-state index is -4.41. The topological polar surface area (TPSA) is 65.7 Å². The van der Waals surface area contributed by atoms with Gasteiger partial charge in [0.05, 0.1) is 23.9 Å². The van der Waals surface area contributed by atoms with Crippen LogP contribution >= 0.6 is 0 Å². The van der Waals surface area contributed by atoms with Gasteiger partial charge in [0.15, 0.2) is 0 Å². The highest BCUT2D eigenvalue weighted by Gasteiger charge is 2.30. The molecule has 1 atom stereocenters. The number of benzene rings is 1. The average molecular weight is 338 g/mol. The number of aryl methyl sites for hydroxylation is 1. The molecular formula is C17H17F3N2O2. The van der Waals surface area contributed by atoms with Gasteiger partial charge in [0.2, 0.25) is 0 Å². The third-order valence-electron chi connectivity index (χ3n) is 3.65. The molecule has 2 N–H and O–H groups in total. The Kier molecular flexibility index (Phi) is 5.23. The Labute approximate surface area is 137 Å². The minimum Gasteiger partial charge on any atom is -0.505 e. The zero-order valence-electron chi connectivity index (χ0n) is 13.2. The molecule has 0 aliphatic heterocycles. The second-order valence-corrected chi connectivity index (χ2v) is 5.37. The zero-order valence-corrected chi connectivity index (χ0v) is 13.2. The summed E-state index contributed by atoms with van der Waals surface area (Å²) < 4.78 is 38.3. The lowest BCUT2D eigenvalue weighted by Crippen LogP contribution is -2.06. The van der Waals surface area contributed by atoms with Crippen LogP contribution in [0.2, 0.25) is 0 Å². The molecule has 0 saturated carbocycles. The lowest BCUT2D eigenvalue weighted by molar-refractivity contribution is -0.137. The molecule has 0 aliphatic rings. The number of aliphatic imine (C=N–C) groups is 1. The maximum absolute atomic E-state index is 12.8. The summed E-state index contributed by atoms with van der Waals surface area (Å²) in [5.41, 5.74) is 0.736. The van der Waals surface area contributed by atoms with E-state index in [2.05, 4.69) is 9.98 Å². The molecule has 1 aromatic carbocycles. The van der Waals surface area contributed by atoms with Crippen LogP contribution in [0.15, 0.2) is 35.5 Å². The van der Waals surface area contributed by atoms with Crippen LogP contribution in [0.4, 0.5) is 13.2 Å². The molecule has 24 heavy (non-hydrogen) atoms. The van der Waals surface area contributed by atoms with E-state index in [1.54, 1.807) is 19.9 Å². The van der Waals surface area contributed by atoms with E-state index in [9.17, 15) is 23.4 Å². The second-order valence-electron chi connectivity index (χ2n) is 5.37. The molecule has 0 aliphatic carbocycles. The van der Waals surface area contributed by atoms with Crippen LogP contribution in [-0.2, 0) is 12.8 Å². The predicted octanol–water partition coefficient (Wildman–Crippen LogP) is 3.79. The van der Waals surface area contributed by atoms with Gasteiger partial charge in [-0.1, -0.05) is 12.1 Å². The van der Waals surface area contributed by atoms with Crippen molar-refractivity contribution in [3.05, 3.63) is 58.4 Å². The summed E-state index contributed by atoms with van der Waals surface area (Å²) in [7, 11) is 0. The maximum Gasteiger partial charge on any atom is 0.416 e. The lowest BCUT2D eigenvalue weighted by atomic mass is 10.0. The lowest BCUT2D eigenvalue weighted by Gasteiger charge is -2.12. The number of rotatable bonds is 4. The molecule has 2 aromatic rings. The van der Waals surface area contributed by atoms with Gasteiger partial charge in [-0.3, -0.25) is 9.98 Å². The van der Waals surface area contributed by atoms with Gasteiger partial charge in [0.1, 0.15) is 5.75 Å². The van der Waals surface area contributed by atoms with Crippen LogP contribution in [0.5, 0.6) is 5.75 Å². The molecule has 0 spiro atoms. The number of nitrogens with zero attached hydrogens (tertiary/aromatic N) is 2. The van der Waals surface area contributed by atoms with Gasteiger partial charge in [-0.15, -0.1) is 0 Å². The molecule has 0 bridgehead atoms. The van der Waals surface area contributed by atoms with E-state index < -0.39 is 17.8 Å². The Balaban J connectivity index is 2.32.